The summed E-state index contributed by atoms with van der Waals surface area (Å²) in [4.78, 5) is 16.0. The van der Waals surface area contributed by atoms with Gasteiger partial charge in [0.1, 0.15) is 5.60 Å². The summed E-state index contributed by atoms with van der Waals surface area (Å²) in [6.07, 6.45) is -0.499. The molecule has 6 heteroatoms. The number of alkyl carbamates (subject to hydrolysis) is 1. The lowest BCUT2D eigenvalue weighted by atomic mass is 9.99. The standard InChI is InChI=1S/C17H28N4O2/c1-11(2)12-6-8-13(9-7-12)14(10-20-15(18)19)21-16(22)23-17(3,4)5/h6-9,11,14H,10H2,1-5H3,(H,21,22)(H4,18,19,20)/t14-/m0/s1. The van der Waals surface area contributed by atoms with Crippen LogP contribution in [0.15, 0.2) is 29.3 Å². The van der Waals surface area contributed by atoms with E-state index < -0.39 is 11.7 Å². The molecule has 0 radical (unpaired) electrons. The van der Waals surface area contributed by atoms with Crippen LogP contribution in [0.3, 0.4) is 0 Å². The smallest absolute Gasteiger partial charge is 0.408 e. The van der Waals surface area contributed by atoms with Crippen LogP contribution in [-0.4, -0.2) is 24.2 Å². The second-order valence-electron chi connectivity index (χ2n) is 6.79. The Kier molecular flexibility index (Phi) is 6.42. The lowest BCUT2D eigenvalue weighted by molar-refractivity contribution is 0.0505. The zero-order valence-corrected chi connectivity index (χ0v) is 14.6. The summed E-state index contributed by atoms with van der Waals surface area (Å²) in [6, 6.07) is 7.67. The van der Waals surface area contributed by atoms with Gasteiger partial charge in [-0.15, -0.1) is 0 Å². The number of amides is 1. The van der Waals surface area contributed by atoms with Crippen molar-refractivity contribution in [3.8, 4) is 0 Å². The van der Waals surface area contributed by atoms with Gasteiger partial charge in [-0.25, -0.2) is 4.79 Å². The van der Waals surface area contributed by atoms with E-state index >= 15 is 0 Å². The molecular formula is C17H28N4O2. The number of nitrogens with two attached hydrogens (primary N) is 2. The molecule has 0 aliphatic heterocycles. The number of rotatable bonds is 5. The Hall–Kier alpha value is -2.24. The maximum atomic E-state index is 12.0. The van der Waals surface area contributed by atoms with Crippen LogP contribution in [0.2, 0.25) is 0 Å². The lowest BCUT2D eigenvalue weighted by Gasteiger charge is -2.23. The van der Waals surface area contributed by atoms with Crippen molar-refractivity contribution >= 4 is 12.1 Å². The average Bonchev–Trinajstić information content (AvgIpc) is 2.41. The van der Waals surface area contributed by atoms with Crippen LogP contribution in [-0.2, 0) is 4.74 Å². The van der Waals surface area contributed by atoms with Gasteiger partial charge in [-0.2, -0.15) is 0 Å². The molecule has 6 nitrogen and oxygen atoms in total. The maximum Gasteiger partial charge on any atom is 0.408 e. The van der Waals surface area contributed by atoms with Gasteiger partial charge in [-0.3, -0.25) is 4.99 Å². The number of carbonyl (C=O) groups excluding carboxylic acids is 1. The van der Waals surface area contributed by atoms with Crippen molar-refractivity contribution in [3.05, 3.63) is 35.4 Å². The second kappa shape index (κ2) is 7.85. The van der Waals surface area contributed by atoms with Gasteiger partial charge >= 0.3 is 6.09 Å². The highest BCUT2D eigenvalue weighted by molar-refractivity contribution is 5.75. The summed E-state index contributed by atoms with van der Waals surface area (Å²) in [5, 5.41) is 2.81. The first-order valence-electron chi connectivity index (χ1n) is 7.73. The Balaban J connectivity index is 2.91. The van der Waals surface area contributed by atoms with Gasteiger partial charge in [-0.1, -0.05) is 38.1 Å². The zero-order valence-electron chi connectivity index (χ0n) is 14.6. The Morgan fingerprint density at radius 3 is 2.13 bits per heavy atom. The van der Waals surface area contributed by atoms with E-state index in [-0.39, 0.29) is 18.5 Å². The van der Waals surface area contributed by atoms with Gasteiger partial charge in [0.05, 0.1) is 12.6 Å². The number of hydrogen-bond acceptors (Lipinski definition) is 3. The van der Waals surface area contributed by atoms with E-state index in [0.717, 1.165) is 5.56 Å². The number of guanidine groups is 1. The molecule has 5 N–H and O–H groups in total. The first-order valence-corrected chi connectivity index (χ1v) is 7.73. The minimum Gasteiger partial charge on any atom is -0.444 e. The van der Waals surface area contributed by atoms with Crippen LogP contribution in [0, 0.1) is 0 Å². The largest absolute Gasteiger partial charge is 0.444 e. The summed E-state index contributed by atoms with van der Waals surface area (Å²) in [5.74, 6) is 0.429. The second-order valence-corrected chi connectivity index (χ2v) is 6.79. The van der Waals surface area contributed by atoms with Crippen molar-refractivity contribution in [2.24, 2.45) is 16.5 Å². The van der Waals surface area contributed by atoms with Gasteiger partial charge < -0.3 is 21.5 Å². The molecule has 0 spiro atoms. The minimum atomic E-state index is -0.563. The quantitative estimate of drug-likeness (QED) is 0.573. The SMILES string of the molecule is CC(C)c1ccc([C@H](CN=C(N)N)NC(=O)OC(C)(C)C)cc1. The maximum absolute atomic E-state index is 12.0. The molecule has 0 aliphatic rings. The normalized spacial score (nSPS) is 12.6. The highest BCUT2D eigenvalue weighted by Crippen LogP contribution is 2.20. The average molecular weight is 320 g/mol. The van der Waals surface area contributed by atoms with E-state index in [4.69, 9.17) is 16.2 Å². The van der Waals surface area contributed by atoms with Crippen LogP contribution < -0.4 is 16.8 Å². The van der Waals surface area contributed by atoms with Crippen molar-refractivity contribution in [2.45, 2.75) is 52.2 Å². The molecular weight excluding hydrogens is 292 g/mol. The van der Waals surface area contributed by atoms with Crippen molar-refractivity contribution < 1.29 is 9.53 Å². The van der Waals surface area contributed by atoms with Crippen molar-refractivity contribution in [3.63, 3.8) is 0 Å². The van der Waals surface area contributed by atoms with Crippen molar-refractivity contribution in [2.75, 3.05) is 6.54 Å². The first-order chi connectivity index (χ1) is 10.6. The van der Waals surface area contributed by atoms with Crippen LogP contribution in [0.25, 0.3) is 0 Å². The molecule has 128 valence electrons. The Morgan fingerprint density at radius 1 is 1.17 bits per heavy atom. The number of aliphatic imine (C=N–C) groups is 1. The molecule has 0 aliphatic carbocycles. The van der Waals surface area contributed by atoms with Crippen molar-refractivity contribution in [1.29, 1.82) is 0 Å². The molecule has 0 saturated carbocycles. The molecule has 1 amide bonds. The van der Waals surface area contributed by atoms with Gasteiger partial charge in [-0.05, 0) is 37.8 Å². The van der Waals surface area contributed by atoms with Crippen molar-refractivity contribution in [1.82, 2.24) is 5.32 Å². The third-order valence-corrected chi connectivity index (χ3v) is 3.15. The molecule has 0 heterocycles. The third kappa shape index (κ3) is 7.04. The molecule has 0 bridgehead atoms. The number of nitrogens with zero attached hydrogens (tertiary/aromatic N) is 1. The van der Waals surface area contributed by atoms with E-state index in [9.17, 15) is 4.79 Å². The Labute approximate surface area is 138 Å². The third-order valence-electron chi connectivity index (χ3n) is 3.15. The summed E-state index contributed by atoms with van der Waals surface area (Å²) < 4.78 is 5.30. The van der Waals surface area contributed by atoms with Crippen LogP contribution in [0.5, 0.6) is 0 Å². The van der Waals surface area contributed by atoms with E-state index in [1.165, 1.54) is 5.56 Å². The summed E-state index contributed by atoms with van der Waals surface area (Å²) in [5.41, 5.74) is 12.4. The highest BCUT2D eigenvalue weighted by atomic mass is 16.6. The van der Waals surface area contributed by atoms with E-state index in [1.807, 2.05) is 45.0 Å². The highest BCUT2D eigenvalue weighted by Gasteiger charge is 2.20. The number of carbonyl (C=O) groups is 1. The molecule has 0 saturated heterocycles. The number of ether oxygens (including phenoxy) is 1. The molecule has 1 atom stereocenters. The molecule has 0 aromatic heterocycles. The van der Waals surface area contributed by atoms with Gasteiger partial charge in [0, 0.05) is 0 Å². The molecule has 23 heavy (non-hydrogen) atoms. The van der Waals surface area contributed by atoms with E-state index in [2.05, 4.69) is 24.2 Å². The van der Waals surface area contributed by atoms with Gasteiger partial charge in [0.25, 0.3) is 0 Å². The minimum absolute atomic E-state index is 0.0141. The number of nitrogens with one attached hydrogen (secondary N) is 1. The van der Waals surface area contributed by atoms with E-state index in [0.29, 0.717) is 5.92 Å². The monoisotopic (exact) mass is 320 g/mol. The Bertz CT molecular complexity index is 541. The summed E-state index contributed by atoms with van der Waals surface area (Å²) >= 11 is 0. The number of benzene rings is 1. The summed E-state index contributed by atoms with van der Waals surface area (Å²) in [7, 11) is 0. The van der Waals surface area contributed by atoms with Gasteiger partial charge in [0.2, 0.25) is 0 Å². The lowest BCUT2D eigenvalue weighted by Crippen LogP contribution is -2.36. The molecule has 1 aromatic rings. The number of hydrogen-bond donors (Lipinski definition) is 3. The first kappa shape index (κ1) is 18.8. The predicted octanol–water partition coefficient (Wildman–Crippen LogP) is 2.65. The zero-order chi connectivity index (χ0) is 17.6. The van der Waals surface area contributed by atoms with Gasteiger partial charge in [0.15, 0.2) is 5.96 Å². The van der Waals surface area contributed by atoms with Crippen LogP contribution in [0.4, 0.5) is 4.79 Å². The Morgan fingerprint density at radius 2 is 1.70 bits per heavy atom. The molecule has 0 fully saturated rings. The topological polar surface area (TPSA) is 103 Å². The molecule has 1 aromatic carbocycles. The summed E-state index contributed by atoms with van der Waals surface area (Å²) in [6.45, 7) is 9.96. The fraction of sp³-hybridized carbons (Fsp3) is 0.529. The molecule has 1 rings (SSSR count). The fourth-order valence-corrected chi connectivity index (χ4v) is 1.99. The molecule has 0 unspecified atom stereocenters. The predicted molar refractivity (Wildman–Crippen MR) is 93.3 cm³/mol. The van der Waals surface area contributed by atoms with E-state index in [1.54, 1.807) is 0 Å². The van der Waals surface area contributed by atoms with Crippen LogP contribution in [0.1, 0.15) is 57.7 Å². The van der Waals surface area contributed by atoms with Crippen LogP contribution >= 0.6 is 0 Å². The fourth-order valence-electron chi connectivity index (χ4n) is 1.99.